The molecule has 2 aromatic heterocycles. The maximum atomic E-state index is 13.7. The fraction of sp³-hybridized carbons (Fsp3) is 0.278. The van der Waals surface area contributed by atoms with Gasteiger partial charge >= 0.3 is 5.97 Å². The molecule has 1 aromatic carbocycles. The van der Waals surface area contributed by atoms with E-state index < -0.39 is 11.8 Å². The minimum absolute atomic E-state index is 0.140. The number of halogens is 1. The maximum Gasteiger partial charge on any atom is 0.346 e. The number of nitrogens with zero attached hydrogens (tertiary/aromatic N) is 2. The van der Waals surface area contributed by atoms with E-state index in [-0.39, 0.29) is 11.0 Å². The first-order chi connectivity index (χ1) is 13.0. The second kappa shape index (κ2) is 7.09. The molecule has 1 aliphatic rings. The van der Waals surface area contributed by atoms with Crippen LogP contribution in [0.1, 0.15) is 21.7 Å². The van der Waals surface area contributed by atoms with Gasteiger partial charge in [-0.1, -0.05) is 0 Å². The van der Waals surface area contributed by atoms with Gasteiger partial charge in [0, 0.05) is 12.5 Å². The summed E-state index contributed by atoms with van der Waals surface area (Å²) in [5, 5.41) is 13.1. The summed E-state index contributed by atoms with van der Waals surface area (Å²) < 4.78 is 24.9. The lowest BCUT2D eigenvalue weighted by Gasteiger charge is -2.17. The molecule has 1 saturated heterocycles. The number of aromatic carboxylic acids is 1. The lowest BCUT2D eigenvalue weighted by Crippen LogP contribution is -2.16. The third-order valence-corrected chi connectivity index (χ3v) is 5.49. The molecule has 27 heavy (non-hydrogen) atoms. The molecule has 3 heterocycles. The van der Waals surface area contributed by atoms with Gasteiger partial charge in [-0.2, -0.15) is 0 Å². The number of nitrogens with one attached hydrogen (secondary N) is 1. The summed E-state index contributed by atoms with van der Waals surface area (Å²) in [5.74, 6) is -0.625. The van der Waals surface area contributed by atoms with E-state index in [1.165, 1.54) is 18.5 Å². The molecule has 140 valence electrons. The number of aryl methyl sites for hydroxylation is 1. The molecule has 4 rings (SSSR count). The summed E-state index contributed by atoms with van der Waals surface area (Å²) in [5.41, 5.74) is 1.12. The summed E-state index contributed by atoms with van der Waals surface area (Å²) >= 11 is 1.09. The summed E-state index contributed by atoms with van der Waals surface area (Å²) in [6, 6.07) is 4.19. The van der Waals surface area contributed by atoms with Crippen LogP contribution >= 0.6 is 11.3 Å². The van der Waals surface area contributed by atoms with Crippen LogP contribution in [-0.4, -0.2) is 40.4 Å². The lowest BCUT2D eigenvalue weighted by molar-refractivity contribution is 0.0701. The number of carboxylic acids is 1. The number of anilines is 2. The molecule has 0 saturated carbocycles. The number of carbonyl (C=O) groups is 1. The number of thiophene rings is 1. The quantitative estimate of drug-likeness (QED) is 0.686. The Labute approximate surface area is 157 Å². The van der Waals surface area contributed by atoms with Crippen LogP contribution in [0.5, 0.6) is 5.75 Å². The molecule has 1 atom stereocenters. The molecule has 0 unspecified atom stereocenters. The van der Waals surface area contributed by atoms with Crippen molar-refractivity contribution < 1.29 is 23.8 Å². The van der Waals surface area contributed by atoms with Crippen LogP contribution in [0.25, 0.3) is 10.2 Å². The lowest BCUT2D eigenvalue weighted by atomic mass is 10.2. The smallest absolute Gasteiger partial charge is 0.346 e. The zero-order valence-corrected chi connectivity index (χ0v) is 15.2. The van der Waals surface area contributed by atoms with Gasteiger partial charge in [0.15, 0.2) is 0 Å². The van der Waals surface area contributed by atoms with Crippen molar-refractivity contribution in [2.75, 3.05) is 18.5 Å². The summed E-state index contributed by atoms with van der Waals surface area (Å²) in [7, 11) is 0. The highest BCUT2D eigenvalue weighted by Gasteiger charge is 2.21. The van der Waals surface area contributed by atoms with Crippen molar-refractivity contribution in [2.24, 2.45) is 0 Å². The molecule has 0 amide bonds. The summed E-state index contributed by atoms with van der Waals surface area (Å²) in [6.07, 6.45) is 1.96. The molecule has 0 bridgehead atoms. The normalized spacial score (nSPS) is 16.6. The van der Waals surface area contributed by atoms with E-state index in [0.29, 0.717) is 46.2 Å². The van der Waals surface area contributed by atoms with Crippen molar-refractivity contribution in [2.45, 2.75) is 19.4 Å². The molecule has 7 nitrogen and oxygen atoms in total. The standard InChI is InChI=1S/C18H16FN3O4S/c1-9-14-16(20-8-21-17(14)27-15(9)18(23)24)22-12-3-2-10(19)6-13(12)26-11-4-5-25-7-11/h2-3,6,8,11H,4-5,7H2,1H3,(H,23,24)(H,20,21,22)/t11-/m0/s1. The van der Waals surface area contributed by atoms with E-state index in [9.17, 15) is 14.3 Å². The van der Waals surface area contributed by atoms with Gasteiger partial charge in [0.25, 0.3) is 0 Å². The Kier molecular flexibility index (Phi) is 4.63. The molecule has 0 radical (unpaired) electrons. The Morgan fingerprint density at radius 1 is 1.44 bits per heavy atom. The van der Waals surface area contributed by atoms with E-state index in [0.717, 1.165) is 17.8 Å². The van der Waals surface area contributed by atoms with Gasteiger partial charge in [0.2, 0.25) is 0 Å². The first-order valence-corrected chi connectivity index (χ1v) is 9.13. The topological polar surface area (TPSA) is 93.6 Å². The van der Waals surface area contributed by atoms with E-state index in [1.54, 1.807) is 13.0 Å². The minimum atomic E-state index is -1.01. The highest BCUT2D eigenvalue weighted by Crippen LogP contribution is 2.36. The SMILES string of the molecule is Cc1c(C(=O)O)sc2ncnc(Nc3ccc(F)cc3O[C@H]3CCOC3)c12. The first kappa shape index (κ1) is 17.6. The zero-order valence-electron chi connectivity index (χ0n) is 14.4. The Hall–Kier alpha value is -2.78. The minimum Gasteiger partial charge on any atom is -0.486 e. The molecule has 9 heteroatoms. The van der Waals surface area contributed by atoms with Crippen LogP contribution in [-0.2, 0) is 4.74 Å². The molecule has 1 aliphatic heterocycles. The van der Waals surface area contributed by atoms with Crippen LogP contribution < -0.4 is 10.1 Å². The number of fused-ring (bicyclic) bond motifs is 1. The van der Waals surface area contributed by atoms with Crippen molar-refractivity contribution >= 4 is 39.0 Å². The van der Waals surface area contributed by atoms with E-state index >= 15 is 0 Å². The maximum absolute atomic E-state index is 13.7. The molecular weight excluding hydrogens is 373 g/mol. The Morgan fingerprint density at radius 3 is 3.04 bits per heavy atom. The average Bonchev–Trinajstić information content (AvgIpc) is 3.26. The molecule has 0 aliphatic carbocycles. The number of benzene rings is 1. The van der Waals surface area contributed by atoms with Crippen LogP contribution in [0.15, 0.2) is 24.5 Å². The first-order valence-electron chi connectivity index (χ1n) is 8.31. The number of hydrogen-bond acceptors (Lipinski definition) is 7. The molecule has 3 aromatic rings. The largest absolute Gasteiger partial charge is 0.486 e. The third kappa shape index (κ3) is 3.43. The fourth-order valence-corrected chi connectivity index (χ4v) is 3.97. The number of carboxylic acid groups (broad SMARTS) is 1. The van der Waals surface area contributed by atoms with Gasteiger partial charge in [0.05, 0.1) is 24.3 Å². The highest BCUT2D eigenvalue weighted by atomic mass is 32.1. The second-order valence-corrected chi connectivity index (χ2v) is 7.13. The molecule has 0 spiro atoms. The van der Waals surface area contributed by atoms with Crippen LogP contribution in [0.2, 0.25) is 0 Å². The van der Waals surface area contributed by atoms with Gasteiger partial charge in [-0.05, 0) is 24.6 Å². The summed E-state index contributed by atoms with van der Waals surface area (Å²) in [4.78, 5) is 20.6. The number of hydrogen-bond donors (Lipinski definition) is 2. The fourth-order valence-electron chi connectivity index (χ4n) is 2.98. The predicted octanol–water partition coefficient (Wildman–Crippen LogP) is 3.75. The van der Waals surface area contributed by atoms with Crippen molar-refractivity contribution in [3.63, 3.8) is 0 Å². The Morgan fingerprint density at radius 2 is 2.30 bits per heavy atom. The van der Waals surface area contributed by atoms with Crippen molar-refractivity contribution in [3.05, 3.63) is 40.8 Å². The Bertz CT molecular complexity index is 1020. The molecular formula is C18H16FN3O4S. The number of ether oxygens (including phenoxy) is 2. The van der Waals surface area contributed by atoms with Crippen molar-refractivity contribution in [3.8, 4) is 5.75 Å². The Balaban J connectivity index is 1.73. The number of rotatable bonds is 5. The van der Waals surface area contributed by atoms with Crippen molar-refractivity contribution in [1.29, 1.82) is 0 Å². The van der Waals surface area contributed by atoms with Crippen LogP contribution in [0.4, 0.5) is 15.9 Å². The van der Waals surface area contributed by atoms with E-state index in [2.05, 4.69) is 15.3 Å². The van der Waals surface area contributed by atoms with Gasteiger partial charge < -0.3 is 19.9 Å². The van der Waals surface area contributed by atoms with E-state index in [4.69, 9.17) is 9.47 Å². The van der Waals surface area contributed by atoms with Gasteiger partial charge in [-0.15, -0.1) is 11.3 Å². The van der Waals surface area contributed by atoms with Crippen LogP contribution in [0.3, 0.4) is 0 Å². The predicted molar refractivity (Wildman–Crippen MR) is 98.6 cm³/mol. The third-order valence-electron chi connectivity index (χ3n) is 4.30. The van der Waals surface area contributed by atoms with Gasteiger partial charge in [0.1, 0.15) is 39.5 Å². The van der Waals surface area contributed by atoms with Crippen molar-refractivity contribution in [1.82, 2.24) is 9.97 Å². The van der Waals surface area contributed by atoms with Gasteiger partial charge in [-0.25, -0.2) is 19.2 Å². The van der Waals surface area contributed by atoms with Gasteiger partial charge in [-0.3, -0.25) is 0 Å². The van der Waals surface area contributed by atoms with Crippen LogP contribution in [0, 0.1) is 12.7 Å². The second-order valence-electron chi connectivity index (χ2n) is 6.13. The average molecular weight is 389 g/mol. The monoisotopic (exact) mass is 389 g/mol. The summed E-state index contributed by atoms with van der Waals surface area (Å²) in [6.45, 7) is 2.79. The molecule has 1 fully saturated rings. The van der Waals surface area contributed by atoms with E-state index in [1.807, 2.05) is 0 Å². The molecule has 2 N–H and O–H groups in total. The zero-order chi connectivity index (χ0) is 19.0. The number of aromatic nitrogens is 2. The highest BCUT2D eigenvalue weighted by molar-refractivity contribution is 7.20.